The van der Waals surface area contributed by atoms with E-state index < -0.39 is 5.82 Å². The molecule has 1 aliphatic heterocycles. The summed E-state index contributed by atoms with van der Waals surface area (Å²) in [5.74, 6) is -0.837. The van der Waals surface area contributed by atoms with Crippen LogP contribution in [0.15, 0.2) is 61.2 Å². The number of piperidine rings is 1. The average Bonchev–Trinajstić information content (AvgIpc) is 3.31. The number of aryl methyl sites for hydroxylation is 1. The fourth-order valence-electron chi connectivity index (χ4n) is 3.89. The van der Waals surface area contributed by atoms with Crippen molar-refractivity contribution in [1.82, 2.24) is 19.7 Å². The topological polar surface area (TPSA) is 68.1 Å². The number of amides is 1. The maximum Gasteiger partial charge on any atom is 0.224 e. The molecule has 0 spiro atoms. The molecule has 30 heavy (non-hydrogen) atoms. The van der Waals surface area contributed by atoms with Crippen molar-refractivity contribution in [2.45, 2.75) is 25.8 Å². The van der Waals surface area contributed by atoms with Crippen LogP contribution in [0.3, 0.4) is 0 Å². The van der Waals surface area contributed by atoms with Crippen molar-refractivity contribution in [2.75, 3.05) is 13.1 Å². The molecule has 7 heteroatoms. The standard InChI is InChI=1S/C23H23FN4O2/c24-21-13-18(8-9-20(21)17-5-2-1-3-6-17)23(30)19-7-4-11-27(14-19)22(29)10-12-28-16-25-15-26-28/h1-3,5-6,8-9,13,15-16,19H,4,7,10-12,14H2/t19-/m1/s1. The quantitative estimate of drug-likeness (QED) is 0.587. The Morgan fingerprint density at radius 1 is 1.13 bits per heavy atom. The fraction of sp³-hybridized carbons (Fsp3) is 0.304. The van der Waals surface area contributed by atoms with Crippen LogP contribution in [0.2, 0.25) is 0 Å². The van der Waals surface area contributed by atoms with Gasteiger partial charge in [0.05, 0.1) is 6.54 Å². The summed E-state index contributed by atoms with van der Waals surface area (Å²) in [5.41, 5.74) is 1.60. The molecule has 4 rings (SSSR count). The first-order chi connectivity index (χ1) is 14.6. The first kappa shape index (κ1) is 19.9. The van der Waals surface area contributed by atoms with Gasteiger partial charge in [-0.05, 0) is 24.5 Å². The second-order valence-electron chi connectivity index (χ2n) is 7.51. The third kappa shape index (κ3) is 4.45. The maximum atomic E-state index is 14.7. The van der Waals surface area contributed by atoms with E-state index in [4.69, 9.17) is 0 Å². The van der Waals surface area contributed by atoms with Crippen molar-refractivity contribution in [3.8, 4) is 11.1 Å². The molecular weight excluding hydrogens is 383 g/mol. The number of rotatable bonds is 6. The molecule has 1 saturated heterocycles. The zero-order chi connectivity index (χ0) is 20.9. The summed E-state index contributed by atoms with van der Waals surface area (Å²) in [6.07, 6.45) is 4.78. The molecule has 154 valence electrons. The van der Waals surface area contributed by atoms with E-state index >= 15 is 0 Å². The van der Waals surface area contributed by atoms with Crippen LogP contribution in [0.25, 0.3) is 11.1 Å². The Kier molecular flexibility index (Phi) is 5.97. The first-order valence-electron chi connectivity index (χ1n) is 10.1. The lowest BCUT2D eigenvalue weighted by atomic mass is 9.89. The lowest BCUT2D eigenvalue weighted by Gasteiger charge is -2.32. The Morgan fingerprint density at radius 3 is 2.70 bits per heavy atom. The van der Waals surface area contributed by atoms with Gasteiger partial charge in [-0.3, -0.25) is 14.3 Å². The summed E-state index contributed by atoms with van der Waals surface area (Å²) < 4.78 is 16.3. The zero-order valence-electron chi connectivity index (χ0n) is 16.6. The van der Waals surface area contributed by atoms with E-state index in [1.807, 2.05) is 30.3 Å². The number of aromatic nitrogens is 3. The van der Waals surface area contributed by atoms with E-state index in [0.717, 1.165) is 12.0 Å². The molecule has 1 fully saturated rings. The summed E-state index contributed by atoms with van der Waals surface area (Å²) in [5, 5.41) is 4.00. The van der Waals surface area contributed by atoms with Crippen LogP contribution in [0.4, 0.5) is 4.39 Å². The Balaban J connectivity index is 1.41. The van der Waals surface area contributed by atoms with Crippen molar-refractivity contribution in [2.24, 2.45) is 5.92 Å². The molecule has 0 bridgehead atoms. The number of halogens is 1. The van der Waals surface area contributed by atoms with Crippen LogP contribution >= 0.6 is 0 Å². The monoisotopic (exact) mass is 406 g/mol. The second-order valence-corrected chi connectivity index (χ2v) is 7.51. The van der Waals surface area contributed by atoms with Gasteiger partial charge in [-0.15, -0.1) is 0 Å². The highest BCUT2D eigenvalue weighted by molar-refractivity contribution is 5.98. The van der Waals surface area contributed by atoms with Gasteiger partial charge in [-0.2, -0.15) is 5.10 Å². The first-order valence-corrected chi connectivity index (χ1v) is 10.1. The molecule has 2 aromatic carbocycles. The number of likely N-dealkylation sites (tertiary alicyclic amines) is 1. The van der Waals surface area contributed by atoms with Gasteiger partial charge >= 0.3 is 0 Å². The number of hydrogen-bond donors (Lipinski definition) is 0. The van der Waals surface area contributed by atoms with Gasteiger partial charge in [0.2, 0.25) is 5.91 Å². The van der Waals surface area contributed by atoms with Gasteiger partial charge in [-0.25, -0.2) is 9.37 Å². The van der Waals surface area contributed by atoms with E-state index in [0.29, 0.717) is 43.6 Å². The van der Waals surface area contributed by atoms with E-state index in [1.165, 1.54) is 12.4 Å². The largest absolute Gasteiger partial charge is 0.342 e. The molecule has 0 unspecified atom stereocenters. The predicted molar refractivity (Wildman–Crippen MR) is 110 cm³/mol. The fourth-order valence-corrected chi connectivity index (χ4v) is 3.89. The minimum absolute atomic E-state index is 0.00592. The van der Waals surface area contributed by atoms with E-state index in [2.05, 4.69) is 10.1 Å². The van der Waals surface area contributed by atoms with E-state index in [1.54, 1.807) is 28.0 Å². The highest BCUT2D eigenvalue weighted by Gasteiger charge is 2.29. The minimum atomic E-state index is -0.413. The SMILES string of the molecule is O=C(c1ccc(-c2ccccc2)c(F)c1)[C@@H]1CCCN(C(=O)CCn2cncn2)C1. The average molecular weight is 406 g/mol. The molecule has 0 radical (unpaired) electrons. The second kappa shape index (κ2) is 8.98. The van der Waals surface area contributed by atoms with Crippen molar-refractivity contribution in [3.05, 3.63) is 72.6 Å². The molecule has 1 atom stereocenters. The number of Topliss-reactive ketones (excluding diaryl/α,β-unsaturated/α-hetero) is 1. The number of carbonyl (C=O) groups is 2. The lowest BCUT2D eigenvalue weighted by Crippen LogP contribution is -2.42. The maximum absolute atomic E-state index is 14.7. The molecule has 2 heterocycles. The lowest BCUT2D eigenvalue weighted by molar-refractivity contribution is -0.132. The van der Waals surface area contributed by atoms with Gasteiger partial charge in [0.1, 0.15) is 18.5 Å². The smallest absolute Gasteiger partial charge is 0.224 e. The minimum Gasteiger partial charge on any atom is -0.342 e. The predicted octanol–water partition coefficient (Wildman–Crippen LogP) is 3.60. The number of nitrogens with zero attached hydrogens (tertiary/aromatic N) is 4. The molecule has 1 amide bonds. The van der Waals surface area contributed by atoms with Gasteiger partial charge < -0.3 is 4.90 Å². The molecule has 0 N–H and O–H groups in total. The molecule has 0 saturated carbocycles. The number of ketones is 1. The van der Waals surface area contributed by atoms with Crippen LogP contribution in [0.5, 0.6) is 0 Å². The van der Waals surface area contributed by atoms with Crippen molar-refractivity contribution >= 4 is 11.7 Å². The van der Waals surface area contributed by atoms with Crippen molar-refractivity contribution in [1.29, 1.82) is 0 Å². The Labute approximate surface area is 174 Å². The normalized spacial score (nSPS) is 16.4. The van der Waals surface area contributed by atoms with Crippen LogP contribution < -0.4 is 0 Å². The van der Waals surface area contributed by atoms with Crippen LogP contribution in [0.1, 0.15) is 29.6 Å². The molecule has 1 aliphatic rings. The van der Waals surface area contributed by atoms with Crippen molar-refractivity contribution in [3.63, 3.8) is 0 Å². The van der Waals surface area contributed by atoms with Gasteiger partial charge in [0.25, 0.3) is 0 Å². The Morgan fingerprint density at radius 2 is 1.97 bits per heavy atom. The molecule has 6 nitrogen and oxygen atoms in total. The molecular formula is C23H23FN4O2. The summed E-state index contributed by atoms with van der Waals surface area (Å²) in [7, 11) is 0. The van der Waals surface area contributed by atoms with Crippen LogP contribution in [0, 0.1) is 11.7 Å². The van der Waals surface area contributed by atoms with Crippen LogP contribution in [-0.4, -0.2) is 44.4 Å². The zero-order valence-corrected chi connectivity index (χ0v) is 16.6. The third-order valence-electron chi connectivity index (χ3n) is 5.50. The van der Waals surface area contributed by atoms with Gasteiger partial charge in [-0.1, -0.05) is 42.5 Å². The Bertz CT molecular complexity index is 1020. The van der Waals surface area contributed by atoms with Crippen LogP contribution in [-0.2, 0) is 11.3 Å². The molecule has 3 aromatic rings. The van der Waals surface area contributed by atoms with Crippen molar-refractivity contribution < 1.29 is 14.0 Å². The summed E-state index contributed by atoms with van der Waals surface area (Å²) >= 11 is 0. The summed E-state index contributed by atoms with van der Waals surface area (Å²) in [6.45, 7) is 1.47. The molecule has 1 aromatic heterocycles. The summed E-state index contributed by atoms with van der Waals surface area (Å²) in [6, 6.07) is 13.9. The highest BCUT2D eigenvalue weighted by atomic mass is 19.1. The van der Waals surface area contributed by atoms with Gasteiger partial charge in [0.15, 0.2) is 5.78 Å². The summed E-state index contributed by atoms with van der Waals surface area (Å²) in [4.78, 5) is 31.1. The van der Waals surface area contributed by atoms with E-state index in [9.17, 15) is 14.0 Å². The molecule has 0 aliphatic carbocycles. The number of carbonyl (C=O) groups excluding carboxylic acids is 2. The number of benzene rings is 2. The van der Waals surface area contributed by atoms with E-state index in [-0.39, 0.29) is 17.6 Å². The third-order valence-corrected chi connectivity index (χ3v) is 5.50. The Hall–Kier alpha value is -3.35. The number of hydrogen-bond acceptors (Lipinski definition) is 4. The highest BCUT2D eigenvalue weighted by Crippen LogP contribution is 2.26. The van der Waals surface area contributed by atoms with Gasteiger partial charge in [0, 0.05) is 36.6 Å².